The van der Waals surface area contributed by atoms with E-state index in [1.54, 1.807) is 11.3 Å². The van der Waals surface area contributed by atoms with Gasteiger partial charge in [-0.2, -0.15) is 0 Å². The van der Waals surface area contributed by atoms with E-state index in [4.69, 9.17) is 11.6 Å². The first-order valence-electron chi connectivity index (χ1n) is 6.25. The molecule has 0 spiro atoms. The molecule has 1 N–H and O–H groups in total. The van der Waals surface area contributed by atoms with E-state index in [1.165, 1.54) is 11.1 Å². The zero-order valence-corrected chi connectivity index (χ0v) is 12.3. The van der Waals surface area contributed by atoms with Gasteiger partial charge < -0.3 is 5.32 Å². The Labute approximate surface area is 118 Å². The van der Waals surface area contributed by atoms with E-state index in [0.29, 0.717) is 12.1 Å². The number of halogens is 1. The first-order valence-corrected chi connectivity index (χ1v) is 7.51. The van der Waals surface area contributed by atoms with Crippen LogP contribution in [0.1, 0.15) is 43.5 Å². The molecule has 2 unspecified atom stereocenters. The second-order valence-corrected chi connectivity index (χ2v) is 5.99. The number of rotatable bonds is 5. The van der Waals surface area contributed by atoms with Crippen molar-refractivity contribution in [1.82, 2.24) is 5.32 Å². The van der Waals surface area contributed by atoms with E-state index < -0.39 is 0 Å². The minimum absolute atomic E-state index is 0.318. The van der Waals surface area contributed by atoms with E-state index in [1.807, 2.05) is 6.07 Å². The van der Waals surface area contributed by atoms with Crippen LogP contribution in [0.2, 0.25) is 4.34 Å². The molecule has 1 heterocycles. The zero-order valence-electron chi connectivity index (χ0n) is 10.7. The molecule has 0 fully saturated rings. The molecule has 0 bridgehead atoms. The zero-order chi connectivity index (χ0) is 13.0. The monoisotopic (exact) mass is 279 g/mol. The Morgan fingerprint density at radius 2 is 1.94 bits per heavy atom. The predicted octanol–water partition coefficient (Wildman–Crippen LogP) is 5.20. The van der Waals surface area contributed by atoms with Crippen LogP contribution in [-0.2, 0) is 0 Å². The Balaban J connectivity index is 2.07. The molecule has 1 aromatic heterocycles. The largest absolute Gasteiger partial charge is 0.303 e. The smallest absolute Gasteiger partial charge is 0.0931 e. The van der Waals surface area contributed by atoms with E-state index in [0.717, 1.165) is 10.8 Å². The lowest BCUT2D eigenvalue weighted by atomic mass is 10.0. The van der Waals surface area contributed by atoms with Crippen molar-refractivity contribution in [1.29, 1.82) is 0 Å². The number of hydrogen-bond acceptors (Lipinski definition) is 2. The van der Waals surface area contributed by atoms with Gasteiger partial charge in [0.15, 0.2) is 0 Å². The number of benzene rings is 1. The first kappa shape index (κ1) is 13.6. The maximum atomic E-state index is 5.98. The van der Waals surface area contributed by atoms with Gasteiger partial charge in [0.25, 0.3) is 0 Å². The van der Waals surface area contributed by atoms with Crippen molar-refractivity contribution >= 4 is 22.9 Å². The van der Waals surface area contributed by atoms with Crippen LogP contribution in [0.4, 0.5) is 0 Å². The second-order valence-electron chi connectivity index (χ2n) is 4.44. The van der Waals surface area contributed by atoms with Crippen molar-refractivity contribution in [2.24, 2.45) is 0 Å². The van der Waals surface area contributed by atoms with Crippen molar-refractivity contribution in [3.63, 3.8) is 0 Å². The van der Waals surface area contributed by atoms with Gasteiger partial charge in [0.1, 0.15) is 0 Å². The average Bonchev–Trinajstić information content (AvgIpc) is 2.83. The lowest BCUT2D eigenvalue weighted by Crippen LogP contribution is -2.23. The Morgan fingerprint density at radius 3 is 2.50 bits per heavy atom. The standard InChI is InChI=1S/C15H18ClNS/c1-3-14(12-7-5-4-6-8-12)17-11(2)13-9-15(16)18-10-13/h4-11,14,17H,3H2,1-2H3. The molecule has 2 atom stereocenters. The minimum atomic E-state index is 0.318. The van der Waals surface area contributed by atoms with Gasteiger partial charge in [-0.3, -0.25) is 0 Å². The Hall–Kier alpha value is -0.830. The van der Waals surface area contributed by atoms with Crippen LogP contribution in [0.5, 0.6) is 0 Å². The molecular weight excluding hydrogens is 262 g/mol. The van der Waals surface area contributed by atoms with E-state index in [-0.39, 0.29) is 0 Å². The van der Waals surface area contributed by atoms with E-state index in [2.05, 4.69) is 54.9 Å². The summed E-state index contributed by atoms with van der Waals surface area (Å²) in [4.78, 5) is 0. The Kier molecular flexibility index (Phi) is 4.81. The summed E-state index contributed by atoms with van der Waals surface area (Å²) in [6.45, 7) is 4.39. The van der Waals surface area contributed by atoms with Gasteiger partial charge in [-0.25, -0.2) is 0 Å². The molecule has 1 nitrogen and oxygen atoms in total. The van der Waals surface area contributed by atoms with Crippen molar-refractivity contribution in [3.05, 3.63) is 57.2 Å². The maximum Gasteiger partial charge on any atom is 0.0931 e. The second kappa shape index (κ2) is 6.37. The summed E-state index contributed by atoms with van der Waals surface area (Å²) in [5.41, 5.74) is 2.60. The van der Waals surface area contributed by atoms with Gasteiger partial charge in [0, 0.05) is 12.1 Å². The molecule has 2 rings (SSSR count). The molecule has 0 aliphatic heterocycles. The average molecular weight is 280 g/mol. The third-order valence-electron chi connectivity index (χ3n) is 3.15. The molecule has 2 aromatic rings. The highest BCUT2D eigenvalue weighted by Gasteiger charge is 2.14. The maximum absolute atomic E-state index is 5.98. The quantitative estimate of drug-likeness (QED) is 0.793. The summed E-state index contributed by atoms with van der Waals surface area (Å²) in [5.74, 6) is 0. The summed E-state index contributed by atoms with van der Waals surface area (Å²) in [7, 11) is 0. The molecule has 96 valence electrons. The molecule has 0 amide bonds. The van der Waals surface area contributed by atoms with Gasteiger partial charge in [-0.15, -0.1) is 11.3 Å². The van der Waals surface area contributed by atoms with Crippen LogP contribution in [0.25, 0.3) is 0 Å². The van der Waals surface area contributed by atoms with Crippen molar-refractivity contribution < 1.29 is 0 Å². The van der Waals surface area contributed by atoms with Crippen LogP contribution >= 0.6 is 22.9 Å². The summed E-state index contributed by atoms with van der Waals surface area (Å²) >= 11 is 7.57. The first-order chi connectivity index (χ1) is 8.70. The number of thiophene rings is 1. The molecule has 1 aromatic carbocycles. The van der Waals surface area contributed by atoms with E-state index in [9.17, 15) is 0 Å². The Morgan fingerprint density at radius 1 is 1.22 bits per heavy atom. The summed E-state index contributed by atoms with van der Waals surface area (Å²) in [6.07, 6.45) is 1.08. The SMILES string of the molecule is CCC(NC(C)c1csc(Cl)c1)c1ccccc1. The highest BCUT2D eigenvalue weighted by atomic mass is 35.5. The van der Waals surface area contributed by atoms with Gasteiger partial charge in [0.2, 0.25) is 0 Å². The van der Waals surface area contributed by atoms with Gasteiger partial charge in [0.05, 0.1) is 4.34 Å². The van der Waals surface area contributed by atoms with Crippen LogP contribution in [0.3, 0.4) is 0 Å². The van der Waals surface area contributed by atoms with Gasteiger partial charge in [-0.05, 0) is 35.9 Å². The lowest BCUT2D eigenvalue weighted by molar-refractivity contribution is 0.457. The molecule has 0 saturated heterocycles. The molecular formula is C15H18ClNS. The fourth-order valence-corrected chi connectivity index (χ4v) is 3.07. The van der Waals surface area contributed by atoms with Crippen molar-refractivity contribution in [2.75, 3.05) is 0 Å². The van der Waals surface area contributed by atoms with Crippen LogP contribution < -0.4 is 5.32 Å². The number of hydrogen-bond donors (Lipinski definition) is 1. The normalized spacial score (nSPS) is 14.4. The third-order valence-corrected chi connectivity index (χ3v) is 4.26. The van der Waals surface area contributed by atoms with E-state index >= 15 is 0 Å². The molecule has 0 aliphatic rings. The summed E-state index contributed by atoms with van der Waals surface area (Å²) in [6, 6.07) is 13.3. The molecule has 0 saturated carbocycles. The third kappa shape index (κ3) is 3.35. The van der Waals surface area contributed by atoms with Crippen LogP contribution in [-0.4, -0.2) is 0 Å². The lowest BCUT2D eigenvalue weighted by Gasteiger charge is -2.22. The van der Waals surface area contributed by atoms with Crippen LogP contribution in [0.15, 0.2) is 41.8 Å². The van der Waals surface area contributed by atoms with Gasteiger partial charge >= 0.3 is 0 Å². The fourth-order valence-electron chi connectivity index (χ4n) is 2.08. The number of nitrogens with one attached hydrogen (secondary N) is 1. The minimum Gasteiger partial charge on any atom is -0.303 e. The molecule has 0 radical (unpaired) electrons. The fraction of sp³-hybridized carbons (Fsp3) is 0.333. The molecule has 3 heteroatoms. The van der Waals surface area contributed by atoms with Crippen molar-refractivity contribution in [3.8, 4) is 0 Å². The molecule has 0 aliphatic carbocycles. The highest BCUT2D eigenvalue weighted by Crippen LogP contribution is 2.27. The van der Waals surface area contributed by atoms with Crippen LogP contribution in [0, 0.1) is 0 Å². The highest BCUT2D eigenvalue weighted by molar-refractivity contribution is 7.14. The van der Waals surface area contributed by atoms with Gasteiger partial charge in [-0.1, -0.05) is 48.9 Å². The Bertz CT molecular complexity index is 480. The predicted molar refractivity (Wildman–Crippen MR) is 80.4 cm³/mol. The summed E-state index contributed by atoms with van der Waals surface area (Å²) < 4.78 is 0.853. The topological polar surface area (TPSA) is 12.0 Å². The summed E-state index contributed by atoms with van der Waals surface area (Å²) in [5, 5.41) is 5.78. The van der Waals surface area contributed by atoms with Crippen molar-refractivity contribution in [2.45, 2.75) is 32.4 Å². The molecule has 18 heavy (non-hydrogen) atoms.